The van der Waals surface area contributed by atoms with Crippen molar-refractivity contribution in [2.75, 3.05) is 0 Å². The first-order valence-corrected chi connectivity index (χ1v) is 13.7. The first-order chi connectivity index (χ1) is 17.2. The van der Waals surface area contributed by atoms with E-state index in [1.165, 1.54) is 18.2 Å². The summed E-state index contributed by atoms with van der Waals surface area (Å²) in [4.78, 5) is 28.3. The van der Waals surface area contributed by atoms with Crippen LogP contribution >= 0.6 is 23.4 Å². The zero-order valence-electron chi connectivity index (χ0n) is 21.2. The Balaban J connectivity index is 1.69. The van der Waals surface area contributed by atoms with E-state index in [4.69, 9.17) is 11.6 Å². The summed E-state index contributed by atoms with van der Waals surface area (Å²) in [6.45, 7) is 7.84. The summed E-state index contributed by atoms with van der Waals surface area (Å²) in [6.07, 6.45) is 1.33. The first kappa shape index (κ1) is 26.6. The van der Waals surface area contributed by atoms with Crippen molar-refractivity contribution in [2.24, 2.45) is 5.41 Å². The summed E-state index contributed by atoms with van der Waals surface area (Å²) in [5.74, 6) is -2.43. The molecule has 1 saturated carbocycles. The van der Waals surface area contributed by atoms with Crippen molar-refractivity contribution < 1.29 is 23.5 Å². The van der Waals surface area contributed by atoms with Crippen LogP contribution in [0.2, 0.25) is 5.02 Å². The molecule has 1 aliphatic carbocycles. The van der Waals surface area contributed by atoms with Gasteiger partial charge in [-0.05, 0) is 60.9 Å². The van der Waals surface area contributed by atoms with Gasteiger partial charge in [0.15, 0.2) is 0 Å². The molecule has 4 atom stereocenters. The van der Waals surface area contributed by atoms with E-state index in [1.54, 1.807) is 25.1 Å². The van der Waals surface area contributed by atoms with Gasteiger partial charge in [0.1, 0.15) is 11.6 Å². The number of fused-ring (bicyclic) bond motifs is 2. The maximum Gasteiger partial charge on any atom is 0.238 e. The Morgan fingerprint density at radius 1 is 1.24 bits per heavy atom. The second-order valence-electron chi connectivity index (χ2n) is 12.1. The van der Waals surface area contributed by atoms with Gasteiger partial charge in [-0.25, -0.2) is 8.78 Å². The molecule has 0 unspecified atom stereocenters. The Morgan fingerprint density at radius 3 is 2.59 bits per heavy atom. The van der Waals surface area contributed by atoms with Crippen molar-refractivity contribution in [3.63, 3.8) is 0 Å². The second kappa shape index (κ2) is 9.04. The van der Waals surface area contributed by atoms with Crippen LogP contribution in [0, 0.1) is 17.0 Å². The van der Waals surface area contributed by atoms with E-state index in [-0.39, 0.29) is 33.1 Å². The highest BCUT2D eigenvalue weighted by molar-refractivity contribution is 8.14. The number of amides is 1. The molecule has 2 aromatic rings. The van der Waals surface area contributed by atoms with Gasteiger partial charge in [0, 0.05) is 22.9 Å². The molecule has 5 nitrogen and oxygen atoms in total. The van der Waals surface area contributed by atoms with E-state index in [1.807, 2.05) is 20.8 Å². The predicted molar refractivity (Wildman–Crippen MR) is 140 cm³/mol. The molecule has 0 bridgehead atoms. The van der Waals surface area contributed by atoms with Crippen LogP contribution in [0.25, 0.3) is 0 Å². The lowest BCUT2D eigenvalue weighted by molar-refractivity contribution is -0.127. The minimum atomic E-state index is -1.32. The molecular weight excluding hydrogens is 518 g/mol. The van der Waals surface area contributed by atoms with Crippen molar-refractivity contribution in [3.05, 3.63) is 64.2 Å². The highest BCUT2D eigenvalue weighted by Gasteiger charge is 2.66. The molecular formula is C28H31ClF2N2O3S. The molecule has 2 heterocycles. The quantitative estimate of drug-likeness (QED) is 0.497. The number of thioether (sulfide) groups is 1. The number of aliphatic hydroxyl groups is 1. The Labute approximate surface area is 224 Å². The van der Waals surface area contributed by atoms with E-state index in [0.29, 0.717) is 29.7 Å². The third-order valence-corrected chi connectivity index (χ3v) is 9.19. The van der Waals surface area contributed by atoms with Gasteiger partial charge < -0.3 is 15.7 Å². The molecule has 3 aliphatic rings. The van der Waals surface area contributed by atoms with Gasteiger partial charge in [0.2, 0.25) is 11.0 Å². The van der Waals surface area contributed by atoms with E-state index in [9.17, 15) is 19.1 Å². The van der Waals surface area contributed by atoms with E-state index in [2.05, 4.69) is 10.6 Å². The molecule has 9 heteroatoms. The third-order valence-electron chi connectivity index (χ3n) is 7.82. The molecule has 198 valence electrons. The van der Waals surface area contributed by atoms with Gasteiger partial charge in [-0.1, -0.05) is 62.3 Å². The van der Waals surface area contributed by atoms with Gasteiger partial charge in [-0.15, -0.1) is 0 Å². The van der Waals surface area contributed by atoms with Crippen LogP contribution in [-0.2, 0) is 15.0 Å². The van der Waals surface area contributed by atoms with Gasteiger partial charge in [-0.2, -0.15) is 0 Å². The zero-order valence-corrected chi connectivity index (χ0v) is 22.8. The first-order valence-electron chi connectivity index (χ1n) is 12.5. The van der Waals surface area contributed by atoms with Gasteiger partial charge in [0.05, 0.1) is 22.1 Å². The molecule has 2 aliphatic heterocycles. The monoisotopic (exact) mass is 548 g/mol. The summed E-state index contributed by atoms with van der Waals surface area (Å²) in [7, 11) is 0. The minimum absolute atomic E-state index is 0.0986. The Kier molecular flexibility index (Phi) is 6.50. The van der Waals surface area contributed by atoms with Crippen LogP contribution in [0.3, 0.4) is 0 Å². The molecule has 1 spiro atoms. The smallest absolute Gasteiger partial charge is 0.238 e. The van der Waals surface area contributed by atoms with Crippen LogP contribution in [-0.4, -0.2) is 39.9 Å². The molecule has 1 saturated heterocycles. The van der Waals surface area contributed by atoms with Crippen LogP contribution in [0.15, 0.2) is 41.3 Å². The Hall–Kier alpha value is -2.00. The van der Waals surface area contributed by atoms with Crippen LogP contribution < -0.4 is 10.6 Å². The molecule has 1 amide bonds. The maximum absolute atomic E-state index is 15.7. The minimum Gasteiger partial charge on any atom is -0.390 e. The maximum atomic E-state index is 15.7. The van der Waals surface area contributed by atoms with Crippen molar-refractivity contribution in [1.82, 2.24) is 10.6 Å². The SMILES string of the molecule is CC(C)(C)C[C@H]1N[C@@H](C(=O)N[C@H]2C[C@@](C)(O)C2)[C@H](c2cccc(Cl)c2F)[C@@]12C(=O)Sc1cc(F)ccc12. The molecule has 2 aromatic carbocycles. The number of halogens is 3. The lowest BCUT2D eigenvalue weighted by Crippen LogP contribution is -2.57. The summed E-state index contributed by atoms with van der Waals surface area (Å²) in [5, 5.41) is 16.2. The summed E-state index contributed by atoms with van der Waals surface area (Å²) >= 11 is 7.14. The van der Waals surface area contributed by atoms with Crippen molar-refractivity contribution in [1.29, 1.82) is 0 Å². The highest BCUT2D eigenvalue weighted by atomic mass is 35.5. The topological polar surface area (TPSA) is 78.4 Å². The van der Waals surface area contributed by atoms with Gasteiger partial charge in [-0.3, -0.25) is 9.59 Å². The van der Waals surface area contributed by atoms with Crippen LogP contribution in [0.5, 0.6) is 0 Å². The Bertz CT molecular complexity index is 1270. The molecule has 37 heavy (non-hydrogen) atoms. The molecule has 0 aromatic heterocycles. The lowest BCUT2D eigenvalue weighted by Gasteiger charge is -2.42. The second-order valence-corrected chi connectivity index (χ2v) is 13.5. The van der Waals surface area contributed by atoms with Gasteiger partial charge >= 0.3 is 0 Å². The molecule has 0 radical (unpaired) electrons. The van der Waals surface area contributed by atoms with E-state index >= 15 is 4.39 Å². The summed E-state index contributed by atoms with van der Waals surface area (Å²) < 4.78 is 29.9. The van der Waals surface area contributed by atoms with Crippen molar-refractivity contribution in [2.45, 2.75) is 86.9 Å². The van der Waals surface area contributed by atoms with E-state index in [0.717, 1.165) is 11.8 Å². The fourth-order valence-corrected chi connectivity index (χ4v) is 7.85. The fourth-order valence-electron chi connectivity index (χ4n) is 6.40. The standard InChI is InChI=1S/C28H31ClF2N2O3S/c1-26(2,3)13-20-28(17-9-8-14(30)10-19(17)37-25(28)35)21(16-6-5-7-18(29)22(16)31)23(33-20)24(34)32-15-11-27(4,36)12-15/h5-10,15,20-21,23,33,36H,11-13H2,1-4H3,(H,32,34)/t15-,20-,21+,23-,27+,28+/m1/s1. The normalized spacial score (nSPS) is 32.9. The zero-order chi connectivity index (χ0) is 26.9. The Morgan fingerprint density at radius 2 is 1.95 bits per heavy atom. The third kappa shape index (κ3) is 4.50. The number of benzene rings is 2. The number of nitrogens with one attached hydrogen (secondary N) is 2. The number of carbonyl (C=O) groups is 2. The highest BCUT2D eigenvalue weighted by Crippen LogP contribution is 2.60. The largest absolute Gasteiger partial charge is 0.390 e. The van der Waals surface area contributed by atoms with E-state index < -0.39 is 40.7 Å². The number of rotatable bonds is 4. The van der Waals surface area contributed by atoms with Crippen molar-refractivity contribution in [3.8, 4) is 0 Å². The lowest BCUT2D eigenvalue weighted by atomic mass is 9.62. The average Bonchev–Trinajstić information content (AvgIpc) is 3.23. The van der Waals surface area contributed by atoms with Crippen LogP contribution in [0.4, 0.5) is 8.78 Å². The predicted octanol–water partition coefficient (Wildman–Crippen LogP) is 5.08. The number of hydrogen-bond donors (Lipinski definition) is 3. The number of carbonyl (C=O) groups excluding carboxylic acids is 2. The summed E-state index contributed by atoms with van der Waals surface area (Å²) in [6, 6.07) is 7.15. The molecule has 3 N–H and O–H groups in total. The summed E-state index contributed by atoms with van der Waals surface area (Å²) in [5.41, 5.74) is -1.63. The molecule has 5 rings (SSSR count). The fraction of sp³-hybridized carbons (Fsp3) is 0.500. The van der Waals surface area contributed by atoms with Crippen LogP contribution in [0.1, 0.15) is 64.0 Å². The van der Waals surface area contributed by atoms with Gasteiger partial charge in [0.25, 0.3) is 0 Å². The average molecular weight is 549 g/mol. The van der Waals surface area contributed by atoms with Crippen molar-refractivity contribution >= 4 is 34.4 Å². The molecule has 2 fully saturated rings. The number of hydrogen-bond acceptors (Lipinski definition) is 5.